The Morgan fingerprint density at radius 1 is 1.85 bits per heavy atom. The molecule has 0 amide bonds. The molecular weight excluding hydrogens is 170 g/mol. The van der Waals surface area contributed by atoms with Crippen LogP contribution in [0.25, 0.3) is 0 Å². The first-order valence-electron chi connectivity index (χ1n) is 4.12. The highest BCUT2D eigenvalue weighted by Gasteiger charge is 2.13. The number of hydrogen-bond donors (Lipinski definition) is 2. The van der Waals surface area contributed by atoms with Crippen LogP contribution >= 0.6 is 0 Å². The van der Waals surface area contributed by atoms with E-state index in [0.29, 0.717) is 6.42 Å². The van der Waals surface area contributed by atoms with Crippen LogP contribution in [-0.4, -0.2) is 26.7 Å². The van der Waals surface area contributed by atoms with E-state index in [0.717, 1.165) is 12.2 Å². The van der Waals surface area contributed by atoms with Crippen molar-refractivity contribution in [1.82, 2.24) is 9.55 Å². The molecule has 5 nitrogen and oxygen atoms in total. The van der Waals surface area contributed by atoms with E-state index in [-0.39, 0.29) is 0 Å². The summed E-state index contributed by atoms with van der Waals surface area (Å²) in [5, 5.41) is 8.59. The van der Waals surface area contributed by atoms with Gasteiger partial charge in [-0.1, -0.05) is 0 Å². The van der Waals surface area contributed by atoms with E-state index in [2.05, 4.69) is 4.98 Å². The van der Waals surface area contributed by atoms with Crippen molar-refractivity contribution in [3.63, 3.8) is 0 Å². The van der Waals surface area contributed by atoms with Gasteiger partial charge >= 0.3 is 5.97 Å². The second kappa shape index (κ2) is 4.04. The summed E-state index contributed by atoms with van der Waals surface area (Å²) >= 11 is 0. The van der Waals surface area contributed by atoms with Crippen LogP contribution in [0.5, 0.6) is 0 Å². The Balaban J connectivity index is 2.68. The maximum absolute atomic E-state index is 10.5. The summed E-state index contributed by atoms with van der Waals surface area (Å²) in [6.45, 7) is 2.75. The third-order valence-corrected chi connectivity index (χ3v) is 1.89. The standard InChI is InChI=1S/C8H13N3O2/c1-2-11-5-10-4-6(11)3-7(9)8(12)13/h4-5,7H,2-3,9H2,1H3,(H,12,13)/t7-/m1/s1. The van der Waals surface area contributed by atoms with Crippen LogP contribution in [0.4, 0.5) is 0 Å². The van der Waals surface area contributed by atoms with Gasteiger partial charge in [-0.3, -0.25) is 4.79 Å². The first kappa shape index (κ1) is 9.73. The number of aryl methyl sites for hydroxylation is 1. The maximum Gasteiger partial charge on any atom is 0.320 e. The highest BCUT2D eigenvalue weighted by atomic mass is 16.4. The number of carboxylic acid groups (broad SMARTS) is 1. The van der Waals surface area contributed by atoms with Gasteiger partial charge in [0.15, 0.2) is 0 Å². The summed E-state index contributed by atoms with van der Waals surface area (Å²) in [5.41, 5.74) is 6.25. The van der Waals surface area contributed by atoms with Gasteiger partial charge in [-0.2, -0.15) is 0 Å². The van der Waals surface area contributed by atoms with E-state index in [4.69, 9.17) is 10.8 Å². The zero-order chi connectivity index (χ0) is 9.84. The van der Waals surface area contributed by atoms with Crippen LogP contribution in [0.15, 0.2) is 12.5 Å². The highest BCUT2D eigenvalue weighted by molar-refractivity contribution is 5.73. The molecule has 0 aliphatic heterocycles. The lowest BCUT2D eigenvalue weighted by Gasteiger charge is -2.07. The molecule has 5 heteroatoms. The van der Waals surface area contributed by atoms with Crippen molar-refractivity contribution < 1.29 is 9.90 Å². The van der Waals surface area contributed by atoms with Crippen molar-refractivity contribution in [2.24, 2.45) is 5.73 Å². The minimum absolute atomic E-state index is 0.323. The average Bonchev–Trinajstić information content (AvgIpc) is 2.51. The van der Waals surface area contributed by atoms with Crippen LogP contribution < -0.4 is 5.73 Å². The van der Waals surface area contributed by atoms with E-state index >= 15 is 0 Å². The number of rotatable bonds is 4. The molecule has 72 valence electrons. The van der Waals surface area contributed by atoms with E-state index < -0.39 is 12.0 Å². The highest BCUT2D eigenvalue weighted by Crippen LogP contribution is 2.02. The van der Waals surface area contributed by atoms with Crippen LogP contribution in [-0.2, 0) is 17.8 Å². The Morgan fingerprint density at radius 3 is 3.08 bits per heavy atom. The topological polar surface area (TPSA) is 81.1 Å². The van der Waals surface area contributed by atoms with Gasteiger partial charge in [0.25, 0.3) is 0 Å². The summed E-state index contributed by atoms with van der Waals surface area (Å²) < 4.78 is 1.88. The van der Waals surface area contributed by atoms with Crippen LogP contribution in [0.1, 0.15) is 12.6 Å². The molecule has 0 spiro atoms. The van der Waals surface area contributed by atoms with Crippen molar-refractivity contribution in [2.75, 3.05) is 0 Å². The van der Waals surface area contributed by atoms with Gasteiger partial charge in [0.05, 0.1) is 6.33 Å². The van der Waals surface area contributed by atoms with Crippen molar-refractivity contribution in [3.05, 3.63) is 18.2 Å². The number of carbonyl (C=O) groups is 1. The summed E-state index contributed by atoms with van der Waals surface area (Å²) in [4.78, 5) is 14.4. The van der Waals surface area contributed by atoms with Gasteiger partial charge in [-0.15, -0.1) is 0 Å². The normalized spacial score (nSPS) is 12.8. The molecule has 0 bridgehead atoms. The SMILES string of the molecule is CCn1cncc1C[C@@H](N)C(=O)O. The van der Waals surface area contributed by atoms with Crippen LogP contribution in [0, 0.1) is 0 Å². The number of nitrogens with two attached hydrogens (primary N) is 1. The van der Waals surface area contributed by atoms with Gasteiger partial charge in [-0.05, 0) is 6.92 Å². The molecule has 13 heavy (non-hydrogen) atoms. The third kappa shape index (κ3) is 2.29. The molecule has 0 saturated heterocycles. The molecule has 0 radical (unpaired) electrons. The Kier molecular flexibility index (Phi) is 3.02. The molecule has 0 unspecified atom stereocenters. The fourth-order valence-electron chi connectivity index (χ4n) is 1.12. The second-order valence-electron chi connectivity index (χ2n) is 2.82. The Bertz CT molecular complexity index is 295. The van der Waals surface area contributed by atoms with Crippen molar-refractivity contribution in [2.45, 2.75) is 25.9 Å². The van der Waals surface area contributed by atoms with E-state index in [9.17, 15) is 4.79 Å². The molecule has 0 saturated carbocycles. The smallest absolute Gasteiger partial charge is 0.320 e. The fraction of sp³-hybridized carbons (Fsp3) is 0.500. The summed E-state index contributed by atoms with van der Waals surface area (Å²) in [6.07, 6.45) is 3.64. The predicted molar refractivity (Wildman–Crippen MR) is 47.2 cm³/mol. The predicted octanol–water partition coefficient (Wildman–Crippen LogP) is -0.143. The van der Waals surface area contributed by atoms with E-state index in [1.165, 1.54) is 0 Å². The Labute approximate surface area is 76.2 Å². The zero-order valence-electron chi connectivity index (χ0n) is 7.47. The number of imidazole rings is 1. The van der Waals surface area contributed by atoms with E-state index in [1.54, 1.807) is 12.5 Å². The van der Waals surface area contributed by atoms with Crippen LogP contribution in [0.2, 0.25) is 0 Å². The zero-order valence-corrected chi connectivity index (χ0v) is 7.47. The van der Waals surface area contributed by atoms with Crippen LogP contribution in [0.3, 0.4) is 0 Å². The number of hydrogen-bond acceptors (Lipinski definition) is 3. The third-order valence-electron chi connectivity index (χ3n) is 1.89. The lowest BCUT2D eigenvalue weighted by molar-refractivity contribution is -0.138. The number of nitrogens with zero attached hydrogens (tertiary/aromatic N) is 2. The summed E-state index contributed by atoms with van der Waals surface area (Å²) in [5.74, 6) is -0.983. The maximum atomic E-state index is 10.5. The molecule has 1 aromatic rings. The largest absolute Gasteiger partial charge is 0.480 e. The second-order valence-corrected chi connectivity index (χ2v) is 2.82. The molecule has 1 heterocycles. The minimum Gasteiger partial charge on any atom is -0.480 e. The quantitative estimate of drug-likeness (QED) is 0.680. The monoisotopic (exact) mass is 183 g/mol. The number of carboxylic acids is 1. The van der Waals surface area contributed by atoms with Crippen molar-refractivity contribution >= 4 is 5.97 Å². The van der Waals surface area contributed by atoms with Gasteiger partial charge in [0.1, 0.15) is 6.04 Å². The molecule has 1 rings (SSSR count). The summed E-state index contributed by atoms with van der Waals surface area (Å²) in [7, 11) is 0. The molecule has 0 aliphatic rings. The molecular formula is C8H13N3O2. The van der Waals surface area contributed by atoms with E-state index in [1.807, 2.05) is 11.5 Å². The van der Waals surface area contributed by atoms with Crippen molar-refractivity contribution in [1.29, 1.82) is 0 Å². The molecule has 0 fully saturated rings. The molecule has 3 N–H and O–H groups in total. The molecule has 0 aromatic carbocycles. The number of aromatic nitrogens is 2. The molecule has 1 aromatic heterocycles. The minimum atomic E-state index is -0.983. The summed E-state index contributed by atoms with van der Waals surface area (Å²) in [6, 6.07) is -0.845. The Hall–Kier alpha value is -1.36. The van der Waals surface area contributed by atoms with Gasteiger partial charge in [0, 0.05) is 24.9 Å². The number of aliphatic carboxylic acids is 1. The molecule has 1 atom stereocenters. The van der Waals surface area contributed by atoms with Gasteiger partial charge in [0.2, 0.25) is 0 Å². The first-order chi connectivity index (χ1) is 6.15. The lowest BCUT2D eigenvalue weighted by Crippen LogP contribution is -2.32. The van der Waals surface area contributed by atoms with Crippen molar-refractivity contribution in [3.8, 4) is 0 Å². The van der Waals surface area contributed by atoms with Gasteiger partial charge in [-0.25, -0.2) is 4.98 Å². The average molecular weight is 183 g/mol. The molecule has 0 aliphatic carbocycles. The van der Waals surface area contributed by atoms with Gasteiger partial charge < -0.3 is 15.4 Å². The first-order valence-corrected chi connectivity index (χ1v) is 4.12. The fourth-order valence-corrected chi connectivity index (χ4v) is 1.12. The Morgan fingerprint density at radius 2 is 2.54 bits per heavy atom. The lowest BCUT2D eigenvalue weighted by atomic mass is 10.2.